The van der Waals surface area contributed by atoms with Gasteiger partial charge in [0.05, 0.1) is 0 Å². The van der Waals surface area contributed by atoms with Crippen LogP contribution in [0.2, 0.25) is 0 Å². The molecular formula is C25H34. The lowest BCUT2D eigenvalue weighted by atomic mass is 9.52. The quantitative estimate of drug-likeness (QED) is 0.475. The third-order valence-electron chi connectivity index (χ3n) is 8.28. The van der Waals surface area contributed by atoms with E-state index in [0.717, 1.165) is 24.2 Å². The Morgan fingerprint density at radius 1 is 1.32 bits per heavy atom. The molecule has 0 amide bonds. The number of rotatable bonds is 2. The van der Waals surface area contributed by atoms with Crippen molar-refractivity contribution >= 4 is 0 Å². The Bertz CT molecular complexity index is 714. The fraction of sp³-hybridized carbons (Fsp3) is 0.600. The summed E-state index contributed by atoms with van der Waals surface area (Å²) in [4.78, 5) is 0. The van der Waals surface area contributed by atoms with Crippen molar-refractivity contribution in [2.75, 3.05) is 0 Å². The van der Waals surface area contributed by atoms with Crippen LogP contribution in [-0.2, 0) is 0 Å². The molecule has 0 aromatic carbocycles. The van der Waals surface area contributed by atoms with Crippen molar-refractivity contribution in [3.63, 3.8) is 0 Å². The molecule has 0 saturated heterocycles. The minimum absolute atomic E-state index is 0.147. The Labute approximate surface area is 154 Å². The van der Waals surface area contributed by atoms with Crippen molar-refractivity contribution in [2.45, 2.75) is 59.8 Å². The number of fused-ring (bicyclic) bond motifs is 5. The zero-order valence-corrected chi connectivity index (χ0v) is 16.6. The average Bonchev–Trinajstić information content (AvgIpc) is 2.85. The van der Waals surface area contributed by atoms with Crippen LogP contribution in [0.1, 0.15) is 59.8 Å². The number of hydrogen-bond donors (Lipinski definition) is 0. The Kier molecular flexibility index (Phi) is 3.84. The second-order valence-corrected chi connectivity index (χ2v) is 9.60. The van der Waals surface area contributed by atoms with Crippen molar-refractivity contribution in [3.05, 3.63) is 59.8 Å². The first-order valence-electron chi connectivity index (χ1n) is 10.3. The maximum atomic E-state index is 4.48. The Hall–Kier alpha value is -1.30. The molecule has 0 heterocycles. The summed E-state index contributed by atoms with van der Waals surface area (Å²) in [5, 5.41) is 0. The van der Waals surface area contributed by atoms with E-state index in [0.29, 0.717) is 11.3 Å². The highest BCUT2D eigenvalue weighted by Crippen LogP contribution is 2.66. The minimum atomic E-state index is 0.147. The van der Waals surface area contributed by atoms with E-state index < -0.39 is 0 Å². The Balaban J connectivity index is 1.75. The first-order chi connectivity index (χ1) is 11.8. The predicted octanol–water partition coefficient (Wildman–Crippen LogP) is 7.03. The molecule has 4 aliphatic carbocycles. The van der Waals surface area contributed by atoms with Crippen molar-refractivity contribution in [3.8, 4) is 0 Å². The lowest BCUT2D eigenvalue weighted by Gasteiger charge is -2.52. The van der Waals surface area contributed by atoms with E-state index in [1.54, 1.807) is 11.1 Å². The fourth-order valence-electron chi connectivity index (χ4n) is 7.06. The Morgan fingerprint density at radius 2 is 2.08 bits per heavy atom. The molecule has 2 saturated carbocycles. The molecular weight excluding hydrogens is 300 g/mol. The highest BCUT2D eigenvalue weighted by atomic mass is 14.6. The van der Waals surface area contributed by atoms with Gasteiger partial charge in [-0.25, -0.2) is 0 Å². The maximum Gasteiger partial charge on any atom is 0.0281 e. The van der Waals surface area contributed by atoms with Crippen LogP contribution in [0.15, 0.2) is 59.8 Å². The molecule has 25 heavy (non-hydrogen) atoms. The van der Waals surface area contributed by atoms with Crippen molar-refractivity contribution in [1.82, 2.24) is 0 Å². The van der Waals surface area contributed by atoms with Crippen LogP contribution >= 0.6 is 0 Å². The van der Waals surface area contributed by atoms with Crippen LogP contribution in [0.5, 0.6) is 0 Å². The topological polar surface area (TPSA) is 0 Å². The molecule has 2 unspecified atom stereocenters. The highest BCUT2D eigenvalue weighted by molar-refractivity contribution is 5.50. The van der Waals surface area contributed by atoms with Crippen LogP contribution in [0.3, 0.4) is 0 Å². The summed E-state index contributed by atoms with van der Waals surface area (Å²) >= 11 is 0. The van der Waals surface area contributed by atoms with Gasteiger partial charge in [0.15, 0.2) is 0 Å². The van der Waals surface area contributed by atoms with Gasteiger partial charge in [0.1, 0.15) is 0 Å². The van der Waals surface area contributed by atoms with Gasteiger partial charge in [-0.15, -0.1) is 0 Å². The van der Waals surface area contributed by atoms with Crippen LogP contribution in [0, 0.1) is 34.5 Å². The van der Waals surface area contributed by atoms with Crippen LogP contribution in [-0.4, -0.2) is 0 Å². The summed E-state index contributed by atoms with van der Waals surface area (Å²) < 4.78 is 0. The van der Waals surface area contributed by atoms with Crippen molar-refractivity contribution < 1.29 is 0 Å². The molecule has 4 rings (SSSR count). The maximum absolute atomic E-state index is 4.48. The lowest BCUT2D eigenvalue weighted by Crippen LogP contribution is -2.43. The van der Waals surface area contributed by atoms with Gasteiger partial charge in [0.25, 0.3) is 0 Å². The molecule has 0 spiro atoms. The van der Waals surface area contributed by atoms with E-state index in [-0.39, 0.29) is 5.41 Å². The highest BCUT2D eigenvalue weighted by Gasteiger charge is 2.57. The lowest BCUT2D eigenvalue weighted by molar-refractivity contribution is 0.102. The summed E-state index contributed by atoms with van der Waals surface area (Å²) in [6.07, 6.45) is 16.0. The minimum Gasteiger partial charge on any atom is -0.0996 e. The zero-order valence-electron chi connectivity index (χ0n) is 16.6. The molecule has 4 aliphatic rings. The van der Waals surface area contributed by atoms with E-state index in [4.69, 9.17) is 0 Å². The van der Waals surface area contributed by atoms with Crippen LogP contribution in [0.4, 0.5) is 0 Å². The average molecular weight is 335 g/mol. The van der Waals surface area contributed by atoms with E-state index in [1.165, 1.54) is 36.8 Å². The summed E-state index contributed by atoms with van der Waals surface area (Å²) in [6, 6.07) is 0. The molecule has 0 aromatic heterocycles. The zero-order chi connectivity index (χ0) is 18.0. The third kappa shape index (κ3) is 2.25. The van der Waals surface area contributed by atoms with Crippen molar-refractivity contribution in [2.24, 2.45) is 34.5 Å². The monoisotopic (exact) mass is 334 g/mol. The molecule has 0 bridgehead atoms. The van der Waals surface area contributed by atoms with Gasteiger partial charge in [-0.3, -0.25) is 0 Å². The molecule has 0 aromatic rings. The van der Waals surface area contributed by atoms with Gasteiger partial charge in [-0.2, -0.15) is 0 Å². The number of hydrogen-bond acceptors (Lipinski definition) is 0. The summed E-state index contributed by atoms with van der Waals surface area (Å²) in [7, 11) is 0. The molecule has 6 atom stereocenters. The summed E-state index contributed by atoms with van der Waals surface area (Å²) in [5.41, 5.74) is 6.53. The predicted molar refractivity (Wildman–Crippen MR) is 108 cm³/mol. The molecule has 2 fully saturated rings. The largest absolute Gasteiger partial charge is 0.0996 e. The molecule has 0 N–H and O–H groups in total. The summed E-state index contributed by atoms with van der Waals surface area (Å²) in [6.45, 7) is 18.4. The Morgan fingerprint density at radius 3 is 2.80 bits per heavy atom. The second-order valence-electron chi connectivity index (χ2n) is 9.60. The second kappa shape index (κ2) is 5.60. The smallest absolute Gasteiger partial charge is 0.0281 e. The first-order valence-corrected chi connectivity index (χ1v) is 10.3. The van der Waals surface area contributed by atoms with E-state index >= 15 is 0 Å². The molecule has 0 heteroatoms. The van der Waals surface area contributed by atoms with E-state index in [1.807, 2.05) is 0 Å². The number of allylic oxidation sites excluding steroid dienone is 8. The third-order valence-corrected chi connectivity index (χ3v) is 8.28. The molecule has 134 valence electrons. The van der Waals surface area contributed by atoms with Gasteiger partial charge >= 0.3 is 0 Å². The normalized spacial score (nSPS) is 45.2. The van der Waals surface area contributed by atoms with Gasteiger partial charge in [0.2, 0.25) is 0 Å². The molecule has 0 aliphatic heterocycles. The van der Waals surface area contributed by atoms with Gasteiger partial charge in [-0.1, -0.05) is 75.0 Å². The van der Waals surface area contributed by atoms with Crippen molar-refractivity contribution in [1.29, 1.82) is 0 Å². The summed E-state index contributed by atoms with van der Waals surface area (Å²) in [5.74, 6) is 3.06. The van der Waals surface area contributed by atoms with Gasteiger partial charge < -0.3 is 0 Å². The van der Waals surface area contributed by atoms with Gasteiger partial charge in [0, 0.05) is 5.41 Å². The van der Waals surface area contributed by atoms with Crippen LogP contribution in [0.25, 0.3) is 0 Å². The molecule has 0 radical (unpaired) electrons. The van der Waals surface area contributed by atoms with E-state index in [9.17, 15) is 0 Å². The van der Waals surface area contributed by atoms with Gasteiger partial charge in [-0.05, 0) is 73.7 Å². The standard InChI is InChI=1S/C25H34/c1-7-17(3)23-18(4)15-22-20-9-8-19-14-16(2)10-12-24(19,5)21(20)11-13-25(22,23)6/h10-12,14,18,20,22-23H,2-3,7-9,13,15H2,1,4-6H3/t18-,20?,22?,23-,24-,25-/m0/s1. The fourth-order valence-corrected chi connectivity index (χ4v) is 7.06. The first kappa shape index (κ1) is 17.1. The SMILES string of the molecule is C=C1C=C[C@@]2(C)C(=C1)CCC1C2=CC[C@@]2(C)C1C[C@H](C)[C@@H]2C(=C)CC. The van der Waals surface area contributed by atoms with Crippen LogP contribution < -0.4 is 0 Å². The molecule has 0 nitrogen and oxygen atoms in total. The van der Waals surface area contributed by atoms with E-state index in [2.05, 4.69) is 65.2 Å².